The van der Waals surface area contributed by atoms with Crippen molar-refractivity contribution in [2.24, 2.45) is 0 Å². The maximum Gasteiger partial charge on any atom is 0.496 e. The van der Waals surface area contributed by atoms with Crippen molar-refractivity contribution >= 4 is 12.6 Å². The summed E-state index contributed by atoms with van der Waals surface area (Å²) in [4.78, 5) is 4.21. The highest BCUT2D eigenvalue weighted by molar-refractivity contribution is 6.62. The second kappa shape index (κ2) is 5.81. The van der Waals surface area contributed by atoms with E-state index in [4.69, 9.17) is 14.0 Å². The molecule has 114 valence electrons. The lowest BCUT2D eigenvalue weighted by atomic mass is 9.80. The quantitative estimate of drug-likeness (QED) is 0.617. The van der Waals surface area contributed by atoms with E-state index in [1.807, 2.05) is 33.8 Å². The normalized spacial score (nSPS) is 19.6. The second-order valence-corrected chi connectivity index (χ2v) is 6.43. The molecule has 4 nitrogen and oxygen atoms in total. The van der Waals surface area contributed by atoms with Crippen molar-refractivity contribution in [3.63, 3.8) is 0 Å². The topological polar surface area (TPSA) is 40.6 Å². The Bertz CT molecular complexity index is 512. The van der Waals surface area contributed by atoms with Crippen LogP contribution < -0.4 is 10.2 Å². The third-order valence-electron chi connectivity index (χ3n) is 4.20. The molecule has 5 heteroatoms. The second-order valence-electron chi connectivity index (χ2n) is 6.43. The first kappa shape index (κ1) is 16.1. The molecule has 1 saturated heterocycles. The molecule has 1 aromatic rings. The third-order valence-corrected chi connectivity index (χ3v) is 4.20. The Labute approximate surface area is 127 Å². The van der Waals surface area contributed by atoms with E-state index < -0.39 is 7.12 Å². The van der Waals surface area contributed by atoms with E-state index in [0.717, 1.165) is 17.5 Å². The van der Waals surface area contributed by atoms with Crippen molar-refractivity contribution in [1.82, 2.24) is 4.98 Å². The lowest BCUT2D eigenvalue weighted by Gasteiger charge is -2.32. The minimum absolute atomic E-state index is 0.356. The van der Waals surface area contributed by atoms with Gasteiger partial charge in [0.05, 0.1) is 17.4 Å². The van der Waals surface area contributed by atoms with Gasteiger partial charge in [-0.15, -0.1) is 0 Å². The van der Waals surface area contributed by atoms with Gasteiger partial charge in [-0.3, -0.25) is 4.98 Å². The minimum atomic E-state index is -0.416. The predicted molar refractivity (Wildman–Crippen MR) is 84.9 cm³/mol. The zero-order chi connectivity index (χ0) is 15.7. The van der Waals surface area contributed by atoms with Crippen LogP contribution in [0.15, 0.2) is 30.6 Å². The molecule has 2 rings (SSSR count). The van der Waals surface area contributed by atoms with E-state index in [0.29, 0.717) is 12.4 Å². The molecular weight excluding hydrogens is 265 g/mol. The van der Waals surface area contributed by atoms with Crippen LogP contribution >= 0.6 is 0 Å². The van der Waals surface area contributed by atoms with Crippen LogP contribution in [0.1, 0.15) is 41.0 Å². The van der Waals surface area contributed by atoms with Gasteiger partial charge in [-0.1, -0.05) is 13.5 Å². The number of ether oxygens (including phenoxy) is 1. The number of nitrogens with zero attached hydrogens (tertiary/aromatic N) is 1. The fourth-order valence-electron chi connectivity index (χ4n) is 1.91. The minimum Gasteiger partial charge on any atom is -0.488 e. The summed E-state index contributed by atoms with van der Waals surface area (Å²) >= 11 is 0. The highest BCUT2D eigenvalue weighted by atomic mass is 16.7. The Morgan fingerprint density at radius 3 is 2.43 bits per heavy atom. The molecule has 0 atom stereocenters. The summed E-state index contributed by atoms with van der Waals surface area (Å²) in [6.45, 7) is 14.6. The van der Waals surface area contributed by atoms with Crippen molar-refractivity contribution in [1.29, 1.82) is 0 Å². The van der Waals surface area contributed by atoms with Gasteiger partial charge in [-0.25, -0.2) is 0 Å². The molecule has 0 radical (unpaired) electrons. The summed E-state index contributed by atoms with van der Waals surface area (Å²) in [5.74, 6) is 0.705. The largest absolute Gasteiger partial charge is 0.496 e. The molecule has 0 aliphatic carbocycles. The van der Waals surface area contributed by atoms with Crippen LogP contribution in [0.4, 0.5) is 0 Å². The van der Waals surface area contributed by atoms with Gasteiger partial charge in [-0.2, -0.15) is 0 Å². The van der Waals surface area contributed by atoms with E-state index in [1.54, 1.807) is 12.4 Å². The average molecular weight is 289 g/mol. The van der Waals surface area contributed by atoms with Crippen LogP contribution in [0, 0.1) is 0 Å². The van der Waals surface area contributed by atoms with Gasteiger partial charge in [0.15, 0.2) is 0 Å². The van der Waals surface area contributed by atoms with E-state index in [9.17, 15) is 0 Å². The Kier molecular flexibility index (Phi) is 4.44. The highest BCUT2D eigenvalue weighted by Crippen LogP contribution is 2.36. The standard InChI is InChI=1S/C16H24BNO3/c1-7-12(2)11-19-14-8-13(9-18-10-14)17-20-15(3,4)16(5,6)21-17/h8-10H,2,7,11H2,1,3-6H3. The lowest BCUT2D eigenvalue weighted by Crippen LogP contribution is -2.41. The lowest BCUT2D eigenvalue weighted by molar-refractivity contribution is 0.00578. The number of pyridine rings is 1. The van der Waals surface area contributed by atoms with Crippen molar-refractivity contribution in [2.75, 3.05) is 6.61 Å². The van der Waals surface area contributed by atoms with E-state index >= 15 is 0 Å². The molecule has 21 heavy (non-hydrogen) atoms. The zero-order valence-corrected chi connectivity index (χ0v) is 13.6. The van der Waals surface area contributed by atoms with Crippen molar-refractivity contribution < 1.29 is 14.0 Å². The molecule has 1 aromatic heterocycles. The number of rotatable bonds is 5. The Hall–Kier alpha value is -1.33. The van der Waals surface area contributed by atoms with Gasteiger partial charge in [0, 0.05) is 11.7 Å². The number of hydrogen-bond acceptors (Lipinski definition) is 4. The van der Waals surface area contributed by atoms with Crippen molar-refractivity contribution in [3.8, 4) is 5.75 Å². The molecule has 2 heterocycles. The SMILES string of the molecule is C=C(CC)COc1cncc(B2OC(C)(C)C(C)(C)O2)c1. The summed E-state index contributed by atoms with van der Waals surface area (Å²) in [6.07, 6.45) is 4.35. The first-order valence-corrected chi connectivity index (χ1v) is 7.35. The van der Waals surface area contributed by atoms with Crippen LogP contribution in [0.5, 0.6) is 5.75 Å². The van der Waals surface area contributed by atoms with Crippen LogP contribution in [-0.2, 0) is 9.31 Å². The molecule has 0 saturated carbocycles. The Morgan fingerprint density at radius 1 is 1.24 bits per heavy atom. The molecule has 0 amide bonds. The zero-order valence-electron chi connectivity index (χ0n) is 13.6. The highest BCUT2D eigenvalue weighted by Gasteiger charge is 2.51. The fourth-order valence-corrected chi connectivity index (χ4v) is 1.91. The van der Waals surface area contributed by atoms with Crippen molar-refractivity contribution in [2.45, 2.75) is 52.2 Å². The molecule has 0 spiro atoms. The van der Waals surface area contributed by atoms with Crippen LogP contribution in [-0.4, -0.2) is 29.9 Å². The fraction of sp³-hybridized carbons (Fsp3) is 0.562. The summed E-state index contributed by atoms with van der Waals surface area (Å²) in [5.41, 5.74) is 1.21. The monoisotopic (exact) mass is 289 g/mol. The molecule has 1 fully saturated rings. The number of hydrogen-bond donors (Lipinski definition) is 0. The molecule has 1 aliphatic heterocycles. The van der Waals surface area contributed by atoms with Crippen LogP contribution in [0.3, 0.4) is 0 Å². The van der Waals surface area contributed by atoms with Crippen molar-refractivity contribution in [3.05, 3.63) is 30.6 Å². The summed E-state index contributed by atoms with van der Waals surface area (Å²) in [5, 5.41) is 0. The van der Waals surface area contributed by atoms with Gasteiger partial charge in [0.2, 0.25) is 0 Å². The van der Waals surface area contributed by atoms with E-state index in [2.05, 4.69) is 18.5 Å². The maximum atomic E-state index is 6.02. The molecular formula is C16H24BNO3. The number of aromatic nitrogens is 1. The molecule has 0 unspecified atom stereocenters. The predicted octanol–water partition coefficient (Wildman–Crippen LogP) is 2.73. The Balaban J connectivity index is 2.10. The average Bonchev–Trinajstić information content (AvgIpc) is 2.65. The van der Waals surface area contributed by atoms with Crippen LogP contribution in [0.25, 0.3) is 0 Å². The van der Waals surface area contributed by atoms with Gasteiger partial charge >= 0.3 is 7.12 Å². The van der Waals surface area contributed by atoms with E-state index in [1.165, 1.54) is 0 Å². The van der Waals surface area contributed by atoms with Gasteiger partial charge < -0.3 is 14.0 Å². The first-order chi connectivity index (χ1) is 9.75. The van der Waals surface area contributed by atoms with Gasteiger partial charge in [-0.05, 0) is 45.8 Å². The maximum absolute atomic E-state index is 6.02. The van der Waals surface area contributed by atoms with Gasteiger partial charge in [0.25, 0.3) is 0 Å². The Morgan fingerprint density at radius 2 is 1.86 bits per heavy atom. The summed E-state index contributed by atoms with van der Waals surface area (Å²) < 4.78 is 17.7. The summed E-state index contributed by atoms with van der Waals surface area (Å²) in [7, 11) is -0.416. The summed E-state index contributed by atoms with van der Waals surface area (Å²) in [6, 6.07) is 1.91. The third kappa shape index (κ3) is 3.47. The molecule has 1 aliphatic rings. The molecule has 0 aromatic carbocycles. The molecule has 0 N–H and O–H groups in total. The first-order valence-electron chi connectivity index (χ1n) is 7.35. The van der Waals surface area contributed by atoms with Gasteiger partial charge in [0.1, 0.15) is 12.4 Å². The smallest absolute Gasteiger partial charge is 0.488 e. The van der Waals surface area contributed by atoms with E-state index in [-0.39, 0.29) is 11.2 Å². The van der Waals surface area contributed by atoms with Crippen LogP contribution in [0.2, 0.25) is 0 Å². The molecule has 0 bridgehead atoms.